The molecule has 22 heavy (non-hydrogen) atoms. The van der Waals surface area contributed by atoms with Crippen molar-refractivity contribution in [2.75, 3.05) is 19.8 Å². The van der Waals surface area contributed by atoms with E-state index >= 15 is 0 Å². The fourth-order valence-electron chi connectivity index (χ4n) is 1.58. The Morgan fingerprint density at radius 2 is 1.95 bits per heavy atom. The number of H-pyrrole nitrogens is 1. The van der Waals surface area contributed by atoms with Crippen LogP contribution < -0.4 is 10.6 Å². The normalized spacial score (nSPS) is 11.0. The van der Waals surface area contributed by atoms with Crippen LogP contribution in [0, 0.1) is 6.92 Å². The smallest absolute Gasteiger partial charge is 0.272 e. The first-order valence-corrected chi connectivity index (χ1v) is 7.25. The summed E-state index contributed by atoms with van der Waals surface area (Å²) in [6, 6.07) is 0. The number of hydrogen-bond donors (Lipinski definition) is 3. The quantitative estimate of drug-likeness (QED) is 0.363. The summed E-state index contributed by atoms with van der Waals surface area (Å²) < 4.78 is 0. The van der Waals surface area contributed by atoms with Gasteiger partial charge in [-0.15, -0.1) is 11.8 Å². The largest absolute Gasteiger partial charge is 0.358 e. The molecule has 0 atom stereocenters. The van der Waals surface area contributed by atoms with Crippen LogP contribution >= 0.6 is 11.8 Å². The van der Waals surface area contributed by atoms with Gasteiger partial charge in [-0.05, 0) is 13.0 Å². The summed E-state index contributed by atoms with van der Waals surface area (Å²) in [6.45, 7) is 1.59. The van der Waals surface area contributed by atoms with E-state index < -0.39 is 11.7 Å². The summed E-state index contributed by atoms with van der Waals surface area (Å²) in [6.07, 6.45) is 1.52. The lowest BCUT2D eigenvalue weighted by atomic mass is 10.1. The minimum Gasteiger partial charge on any atom is -0.358 e. The van der Waals surface area contributed by atoms with Crippen molar-refractivity contribution in [3.63, 3.8) is 0 Å². The molecule has 1 rings (SSSR count). The number of carbonyl (C=O) groups excluding carboxylic acids is 4. The predicted octanol–water partition coefficient (Wildman–Crippen LogP) is -0.178. The van der Waals surface area contributed by atoms with E-state index in [1.807, 2.05) is 0 Å². The number of carbonyl (C=O) groups is 4. The lowest BCUT2D eigenvalue weighted by Gasteiger charge is -2.06. The fourth-order valence-corrected chi connectivity index (χ4v) is 2.40. The van der Waals surface area contributed by atoms with Crippen molar-refractivity contribution in [3.8, 4) is 0 Å². The number of nitrogens with one attached hydrogen (secondary N) is 3. The summed E-state index contributed by atoms with van der Waals surface area (Å²) >= 11 is 0.917. The van der Waals surface area contributed by atoms with Crippen molar-refractivity contribution in [2.45, 2.75) is 6.92 Å². The third-order valence-electron chi connectivity index (χ3n) is 2.70. The molecular weight excluding hydrogens is 308 g/mol. The van der Waals surface area contributed by atoms with Crippen molar-refractivity contribution < 1.29 is 19.2 Å². The molecule has 0 saturated heterocycles. The molecular formula is C13H16N4O4S. The predicted molar refractivity (Wildman–Crippen MR) is 81.7 cm³/mol. The second kappa shape index (κ2) is 8.13. The van der Waals surface area contributed by atoms with Crippen LogP contribution in [-0.2, 0) is 9.59 Å². The molecule has 0 spiro atoms. The lowest BCUT2D eigenvalue weighted by molar-refractivity contribution is -0.118. The maximum Gasteiger partial charge on any atom is 0.272 e. The molecule has 1 aromatic heterocycles. The van der Waals surface area contributed by atoms with Gasteiger partial charge in [-0.1, -0.05) is 0 Å². The number of thioether (sulfide) groups is 1. The molecule has 118 valence electrons. The number of ketones is 1. The number of aromatic nitrogens is 2. The number of rotatable bonds is 7. The van der Waals surface area contributed by atoms with Crippen LogP contribution in [0.5, 0.6) is 0 Å². The average Bonchev–Trinajstić information content (AvgIpc) is 2.91. The molecule has 9 heteroatoms. The molecule has 2 amide bonds. The van der Waals surface area contributed by atoms with Gasteiger partial charge in [-0.25, -0.2) is 0 Å². The van der Waals surface area contributed by atoms with E-state index in [0.29, 0.717) is 12.0 Å². The minimum atomic E-state index is -0.536. The second-order valence-electron chi connectivity index (χ2n) is 4.11. The van der Waals surface area contributed by atoms with Crippen molar-refractivity contribution >= 4 is 35.6 Å². The topological polar surface area (TPSA) is 121 Å². The molecule has 3 N–H and O–H groups in total. The monoisotopic (exact) mass is 324 g/mol. The van der Waals surface area contributed by atoms with Crippen LogP contribution in [0.2, 0.25) is 0 Å². The molecule has 1 heterocycles. The minimum absolute atomic E-state index is 0.0197. The van der Waals surface area contributed by atoms with Crippen molar-refractivity contribution in [2.24, 2.45) is 0 Å². The number of aldehydes is 1. The summed E-state index contributed by atoms with van der Waals surface area (Å²) in [5.74, 6) is -1.36. The molecule has 0 aliphatic rings. The van der Waals surface area contributed by atoms with Gasteiger partial charge in [0.05, 0.1) is 16.2 Å². The van der Waals surface area contributed by atoms with Crippen molar-refractivity contribution in [1.82, 2.24) is 20.8 Å². The van der Waals surface area contributed by atoms with Crippen LogP contribution in [0.15, 0.2) is 11.0 Å². The molecule has 1 aromatic rings. The van der Waals surface area contributed by atoms with Gasteiger partial charge < -0.3 is 10.6 Å². The Labute approximate surface area is 131 Å². The zero-order valence-electron chi connectivity index (χ0n) is 12.4. The Morgan fingerprint density at radius 1 is 1.27 bits per heavy atom. The highest BCUT2D eigenvalue weighted by Gasteiger charge is 2.25. The van der Waals surface area contributed by atoms with E-state index in [1.54, 1.807) is 6.92 Å². The Morgan fingerprint density at radius 3 is 2.50 bits per heavy atom. The first-order valence-electron chi connectivity index (χ1n) is 6.26. The number of nitrogens with zero attached hydrogens (tertiary/aromatic N) is 1. The third-order valence-corrected chi connectivity index (χ3v) is 3.74. The Hall–Kier alpha value is -2.42. The number of aryl methyl sites for hydroxylation is 1. The van der Waals surface area contributed by atoms with Crippen LogP contribution in [0.1, 0.15) is 26.5 Å². The summed E-state index contributed by atoms with van der Waals surface area (Å²) in [7, 11) is 2.89. The Bertz CT molecular complexity index is 636. The van der Waals surface area contributed by atoms with E-state index in [0.717, 1.165) is 17.8 Å². The second-order valence-corrected chi connectivity index (χ2v) is 5.13. The molecule has 0 saturated carbocycles. The Balaban J connectivity index is 3.13. The number of Topliss-reactive ketones (excluding diaryl/α,β-unsaturated/α-hetero) is 1. The lowest BCUT2D eigenvalue weighted by Crippen LogP contribution is -2.22. The third kappa shape index (κ3) is 4.04. The number of allylic oxidation sites excluding steroid dienone is 2. The van der Waals surface area contributed by atoms with Gasteiger partial charge in [0.15, 0.2) is 5.69 Å². The summed E-state index contributed by atoms with van der Waals surface area (Å²) in [5, 5.41) is 11.2. The fraction of sp³-hybridized carbons (Fsp3) is 0.308. The van der Waals surface area contributed by atoms with Gasteiger partial charge in [0.2, 0.25) is 11.7 Å². The van der Waals surface area contributed by atoms with Gasteiger partial charge >= 0.3 is 0 Å². The van der Waals surface area contributed by atoms with E-state index in [-0.39, 0.29) is 27.8 Å². The highest BCUT2D eigenvalue weighted by atomic mass is 32.2. The van der Waals surface area contributed by atoms with Crippen LogP contribution in [0.4, 0.5) is 0 Å². The average molecular weight is 324 g/mol. The first-order chi connectivity index (χ1) is 10.5. The number of amides is 2. The molecule has 0 aliphatic heterocycles. The number of aromatic amines is 1. The van der Waals surface area contributed by atoms with Gasteiger partial charge in [-0.3, -0.25) is 24.3 Å². The Kier molecular flexibility index (Phi) is 6.51. The van der Waals surface area contributed by atoms with E-state index in [1.165, 1.54) is 14.1 Å². The van der Waals surface area contributed by atoms with Gasteiger partial charge in [0.1, 0.15) is 6.29 Å². The summed E-state index contributed by atoms with van der Waals surface area (Å²) in [4.78, 5) is 46.3. The molecule has 0 fully saturated rings. The van der Waals surface area contributed by atoms with Crippen molar-refractivity contribution in [3.05, 3.63) is 27.9 Å². The molecule has 0 aromatic carbocycles. The maximum atomic E-state index is 12.5. The van der Waals surface area contributed by atoms with E-state index in [9.17, 15) is 19.2 Å². The zero-order valence-corrected chi connectivity index (χ0v) is 13.2. The molecule has 0 aliphatic carbocycles. The first kappa shape index (κ1) is 17.6. The molecule has 0 bridgehead atoms. The molecule has 0 radical (unpaired) electrons. The molecule has 0 unspecified atom stereocenters. The van der Waals surface area contributed by atoms with Crippen LogP contribution in [0.25, 0.3) is 0 Å². The van der Waals surface area contributed by atoms with Crippen LogP contribution in [-0.4, -0.2) is 53.9 Å². The zero-order chi connectivity index (χ0) is 16.7. The van der Waals surface area contributed by atoms with E-state index in [2.05, 4.69) is 20.8 Å². The number of hydrogen-bond acceptors (Lipinski definition) is 6. The highest BCUT2D eigenvalue weighted by Crippen LogP contribution is 2.23. The summed E-state index contributed by atoms with van der Waals surface area (Å²) in [5.41, 5.74) is 0.431. The van der Waals surface area contributed by atoms with E-state index in [4.69, 9.17) is 0 Å². The maximum absolute atomic E-state index is 12.5. The van der Waals surface area contributed by atoms with Gasteiger partial charge in [-0.2, -0.15) is 5.10 Å². The van der Waals surface area contributed by atoms with Gasteiger partial charge in [0, 0.05) is 19.8 Å². The standard InChI is InChI=1S/C13H16N4O4S/c1-7-10(11(17-16-7)13(21)15-3)12(20)8(4-5-18)22-6-9(19)14-2/h4-5H,6H2,1-3H3,(H,14,19)(H,15,21)(H,16,17). The van der Waals surface area contributed by atoms with Gasteiger partial charge in [0.25, 0.3) is 5.91 Å². The highest BCUT2D eigenvalue weighted by molar-refractivity contribution is 8.04. The molecule has 8 nitrogen and oxygen atoms in total. The SMILES string of the molecule is CNC(=O)CSC(=CC=O)C(=O)c1c(C(=O)NC)n[nH]c1C. The van der Waals surface area contributed by atoms with Crippen LogP contribution in [0.3, 0.4) is 0 Å². The van der Waals surface area contributed by atoms with Crippen molar-refractivity contribution in [1.29, 1.82) is 0 Å².